The Kier molecular flexibility index (Phi) is 5.29. The predicted octanol–water partition coefficient (Wildman–Crippen LogP) is 4.99. The quantitative estimate of drug-likeness (QED) is 0.756. The Morgan fingerprint density at radius 1 is 1.15 bits per heavy atom. The van der Waals surface area contributed by atoms with E-state index < -0.39 is 0 Å². The third-order valence-electron chi connectivity index (χ3n) is 3.14. The van der Waals surface area contributed by atoms with Crippen molar-refractivity contribution in [2.45, 2.75) is 12.5 Å². The highest BCUT2D eigenvalue weighted by molar-refractivity contribution is 9.10. The van der Waals surface area contributed by atoms with E-state index >= 15 is 0 Å². The monoisotopic (exact) mass is 403 g/mol. The number of hydrogen-bond acceptors (Lipinski definition) is 1. The lowest BCUT2D eigenvalue weighted by Crippen LogP contribution is -2.19. The number of halogens is 4. The average molecular weight is 405 g/mol. The summed E-state index contributed by atoms with van der Waals surface area (Å²) in [6.07, 6.45) is 0.624. The molecule has 106 valence electrons. The van der Waals surface area contributed by atoms with Crippen molar-refractivity contribution >= 4 is 31.9 Å². The van der Waals surface area contributed by atoms with Crippen molar-refractivity contribution in [2.75, 3.05) is 7.05 Å². The van der Waals surface area contributed by atoms with Gasteiger partial charge >= 0.3 is 0 Å². The maximum absolute atomic E-state index is 13.6. The lowest BCUT2D eigenvalue weighted by molar-refractivity contribution is 0.569. The standard InChI is InChI=1S/C15H13Br2F2N/c1-20-14(11-3-2-4-13(19)15(11)17)7-9-5-6-10(18)8-12(9)16/h2-6,8,14,20H,7H2,1H3. The van der Waals surface area contributed by atoms with Gasteiger partial charge in [-0.1, -0.05) is 34.1 Å². The minimum Gasteiger partial charge on any atom is -0.313 e. The highest BCUT2D eigenvalue weighted by Gasteiger charge is 2.16. The molecule has 0 spiro atoms. The minimum absolute atomic E-state index is 0.0677. The topological polar surface area (TPSA) is 12.0 Å². The number of rotatable bonds is 4. The molecule has 0 amide bonds. The molecule has 0 radical (unpaired) electrons. The second-order valence-electron chi connectivity index (χ2n) is 4.42. The first-order valence-corrected chi connectivity index (χ1v) is 7.66. The van der Waals surface area contributed by atoms with Gasteiger partial charge in [0, 0.05) is 10.5 Å². The summed E-state index contributed by atoms with van der Waals surface area (Å²) >= 11 is 6.64. The van der Waals surface area contributed by atoms with E-state index in [1.807, 2.05) is 13.1 Å². The summed E-state index contributed by atoms with van der Waals surface area (Å²) < 4.78 is 27.9. The van der Waals surface area contributed by atoms with Crippen molar-refractivity contribution in [3.8, 4) is 0 Å². The van der Waals surface area contributed by atoms with Crippen LogP contribution in [-0.4, -0.2) is 7.05 Å². The lowest BCUT2D eigenvalue weighted by atomic mass is 9.99. The van der Waals surface area contributed by atoms with Gasteiger partial charge in [0.1, 0.15) is 11.6 Å². The van der Waals surface area contributed by atoms with Crippen LogP contribution in [0.4, 0.5) is 8.78 Å². The molecule has 0 aliphatic rings. The molecule has 0 heterocycles. The molecule has 2 aromatic carbocycles. The summed E-state index contributed by atoms with van der Waals surface area (Å²) in [6, 6.07) is 9.48. The Bertz CT molecular complexity index is 617. The molecule has 5 heteroatoms. The smallest absolute Gasteiger partial charge is 0.137 e. The van der Waals surface area contributed by atoms with Gasteiger partial charge in [-0.15, -0.1) is 0 Å². The first-order chi connectivity index (χ1) is 9.52. The molecule has 20 heavy (non-hydrogen) atoms. The molecular formula is C15H13Br2F2N. The molecule has 1 atom stereocenters. The zero-order valence-corrected chi connectivity index (χ0v) is 13.9. The Hall–Kier alpha value is -0.780. The number of benzene rings is 2. The van der Waals surface area contributed by atoms with Gasteiger partial charge in [0.05, 0.1) is 4.47 Å². The maximum atomic E-state index is 13.6. The van der Waals surface area contributed by atoms with E-state index in [0.29, 0.717) is 15.4 Å². The molecule has 1 nitrogen and oxygen atoms in total. The molecule has 0 fully saturated rings. The van der Waals surface area contributed by atoms with Gasteiger partial charge in [-0.2, -0.15) is 0 Å². The van der Waals surface area contributed by atoms with Crippen molar-refractivity contribution < 1.29 is 8.78 Å². The lowest BCUT2D eigenvalue weighted by Gasteiger charge is -2.19. The first-order valence-electron chi connectivity index (χ1n) is 6.08. The van der Waals surface area contributed by atoms with E-state index in [1.165, 1.54) is 18.2 Å². The molecule has 2 aromatic rings. The van der Waals surface area contributed by atoms with E-state index in [1.54, 1.807) is 12.1 Å². The van der Waals surface area contributed by atoms with Gasteiger partial charge in [-0.3, -0.25) is 0 Å². The normalized spacial score (nSPS) is 12.4. The van der Waals surface area contributed by atoms with E-state index in [9.17, 15) is 8.78 Å². The Balaban J connectivity index is 2.31. The molecule has 0 bridgehead atoms. The van der Waals surface area contributed by atoms with Crippen LogP contribution in [0.5, 0.6) is 0 Å². The van der Waals surface area contributed by atoms with Crippen molar-refractivity contribution in [3.05, 3.63) is 68.1 Å². The van der Waals surface area contributed by atoms with E-state index in [-0.39, 0.29) is 17.7 Å². The Morgan fingerprint density at radius 3 is 2.55 bits per heavy atom. The van der Waals surface area contributed by atoms with Gasteiger partial charge in [0.2, 0.25) is 0 Å². The van der Waals surface area contributed by atoms with Crippen molar-refractivity contribution in [2.24, 2.45) is 0 Å². The van der Waals surface area contributed by atoms with Crippen molar-refractivity contribution in [1.82, 2.24) is 5.32 Å². The average Bonchev–Trinajstić information content (AvgIpc) is 2.42. The van der Waals surface area contributed by atoms with Gasteiger partial charge < -0.3 is 5.32 Å². The second-order valence-corrected chi connectivity index (χ2v) is 6.07. The summed E-state index contributed by atoms with van der Waals surface area (Å²) in [5.74, 6) is -0.575. The SMILES string of the molecule is CNC(Cc1ccc(F)cc1Br)c1cccc(F)c1Br. The van der Waals surface area contributed by atoms with Crippen molar-refractivity contribution in [1.29, 1.82) is 0 Å². The fraction of sp³-hybridized carbons (Fsp3) is 0.200. The fourth-order valence-electron chi connectivity index (χ4n) is 2.06. The van der Waals surface area contributed by atoms with Crippen LogP contribution in [0.15, 0.2) is 45.3 Å². The minimum atomic E-state index is -0.291. The first kappa shape index (κ1) is 15.6. The molecule has 0 aromatic heterocycles. The van der Waals surface area contributed by atoms with Crippen LogP contribution >= 0.6 is 31.9 Å². The van der Waals surface area contributed by atoms with Crippen LogP contribution < -0.4 is 5.32 Å². The molecular weight excluding hydrogens is 392 g/mol. The maximum Gasteiger partial charge on any atom is 0.137 e. The van der Waals surface area contributed by atoms with Crippen LogP contribution in [0.3, 0.4) is 0 Å². The summed E-state index contributed by atoms with van der Waals surface area (Å²) in [5.41, 5.74) is 1.80. The van der Waals surface area contributed by atoms with Crippen LogP contribution in [0, 0.1) is 11.6 Å². The summed E-state index contributed by atoms with van der Waals surface area (Å²) in [5, 5.41) is 3.17. The van der Waals surface area contributed by atoms with E-state index in [4.69, 9.17) is 0 Å². The molecule has 2 rings (SSSR count). The van der Waals surface area contributed by atoms with Crippen molar-refractivity contribution in [3.63, 3.8) is 0 Å². The van der Waals surface area contributed by atoms with Crippen LogP contribution in [0.1, 0.15) is 17.2 Å². The number of likely N-dealkylation sites (N-methyl/N-ethyl adjacent to an activating group) is 1. The molecule has 0 saturated heterocycles. The van der Waals surface area contributed by atoms with Gasteiger partial charge in [-0.25, -0.2) is 8.78 Å². The van der Waals surface area contributed by atoms with Crippen LogP contribution in [-0.2, 0) is 6.42 Å². The molecule has 1 N–H and O–H groups in total. The summed E-state index contributed by atoms with van der Waals surface area (Å²) in [4.78, 5) is 0. The zero-order valence-electron chi connectivity index (χ0n) is 10.8. The van der Waals surface area contributed by atoms with E-state index in [2.05, 4.69) is 37.2 Å². The zero-order chi connectivity index (χ0) is 14.7. The molecule has 0 saturated carbocycles. The van der Waals surface area contributed by atoms with Gasteiger partial charge in [0.25, 0.3) is 0 Å². The van der Waals surface area contributed by atoms with Crippen LogP contribution in [0.2, 0.25) is 0 Å². The highest BCUT2D eigenvalue weighted by Crippen LogP contribution is 2.30. The Labute approximate surface area is 133 Å². The molecule has 0 aliphatic carbocycles. The fourth-order valence-corrected chi connectivity index (χ4v) is 3.12. The third kappa shape index (κ3) is 3.45. The molecule has 1 unspecified atom stereocenters. The summed E-state index contributed by atoms with van der Waals surface area (Å²) in [7, 11) is 1.82. The largest absolute Gasteiger partial charge is 0.313 e. The Morgan fingerprint density at radius 2 is 1.90 bits per heavy atom. The van der Waals surface area contributed by atoms with Gasteiger partial charge in [-0.05, 0) is 58.7 Å². The predicted molar refractivity (Wildman–Crippen MR) is 83.7 cm³/mol. The number of nitrogens with one attached hydrogen (secondary N) is 1. The number of hydrogen-bond donors (Lipinski definition) is 1. The van der Waals surface area contributed by atoms with Crippen LogP contribution in [0.25, 0.3) is 0 Å². The molecule has 0 aliphatic heterocycles. The van der Waals surface area contributed by atoms with Gasteiger partial charge in [0.15, 0.2) is 0 Å². The highest BCUT2D eigenvalue weighted by atomic mass is 79.9. The summed E-state index contributed by atoms with van der Waals surface area (Å²) in [6.45, 7) is 0. The van der Waals surface area contributed by atoms with E-state index in [0.717, 1.165) is 11.1 Å². The third-order valence-corrected chi connectivity index (χ3v) is 4.72. The second kappa shape index (κ2) is 6.78.